The van der Waals surface area contributed by atoms with E-state index in [2.05, 4.69) is 5.32 Å². The first-order valence-corrected chi connectivity index (χ1v) is 15.6. The van der Waals surface area contributed by atoms with Gasteiger partial charge < -0.3 is 10.2 Å². The lowest BCUT2D eigenvalue weighted by molar-refractivity contribution is -0.140. The predicted octanol–water partition coefficient (Wildman–Crippen LogP) is 5.62. The number of rotatable bonds is 12. The molecule has 2 amide bonds. The third kappa shape index (κ3) is 8.46. The third-order valence-electron chi connectivity index (χ3n) is 6.59. The second-order valence-corrected chi connectivity index (χ2v) is 12.6. The highest BCUT2D eigenvalue weighted by Crippen LogP contribution is 2.34. The molecule has 0 aliphatic carbocycles. The van der Waals surface area contributed by atoms with Crippen LogP contribution in [0.2, 0.25) is 10.0 Å². The zero-order chi connectivity index (χ0) is 29.4. The summed E-state index contributed by atoms with van der Waals surface area (Å²) >= 11 is 12.5. The van der Waals surface area contributed by atoms with Crippen molar-refractivity contribution in [3.05, 3.63) is 99.5 Å². The first-order chi connectivity index (χ1) is 18.9. The molecular formula is C30H35Cl2N3O4S. The van der Waals surface area contributed by atoms with Gasteiger partial charge in [-0.3, -0.25) is 13.9 Å². The summed E-state index contributed by atoms with van der Waals surface area (Å²) in [5.41, 5.74) is 2.77. The second-order valence-electron chi connectivity index (χ2n) is 9.88. The van der Waals surface area contributed by atoms with Crippen molar-refractivity contribution < 1.29 is 18.0 Å². The van der Waals surface area contributed by atoms with E-state index >= 15 is 0 Å². The number of amides is 2. The van der Waals surface area contributed by atoms with Crippen molar-refractivity contribution in [3.8, 4) is 0 Å². The van der Waals surface area contributed by atoms with Crippen LogP contribution in [0.5, 0.6) is 0 Å². The highest BCUT2D eigenvalue weighted by molar-refractivity contribution is 7.92. The highest BCUT2D eigenvalue weighted by Gasteiger charge is 2.34. The van der Waals surface area contributed by atoms with Gasteiger partial charge in [-0.25, -0.2) is 8.42 Å². The average Bonchev–Trinajstić information content (AvgIpc) is 2.90. The van der Waals surface area contributed by atoms with Crippen molar-refractivity contribution >= 4 is 50.7 Å². The van der Waals surface area contributed by atoms with Crippen LogP contribution in [-0.4, -0.2) is 50.0 Å². The maximum atomic E-state index is 14.1. The molecule has 0 saturated heterocycles. The minimum atomic E-state index is -3.95. The molecule has 40 heavy (non-hydrogen) atoms. The lowest BCUT2D eigenvalue weighted by atomic mass is 10.0. The highest BCUT2D eigenvalue weighted by atomic mass is 35.5. The smallest absolute Gasteiger partial charge is 0.244 e. The first kappa shape index (κ1) is 31.5. The van der Waals surface area contributed by atoms with Crippen LogP contribution in [0, 0.1) is 6.92 Å². The number of carbonyl (C=O) groups is 2. The van der Waals surface area contributed by atoms with Gasteiger partial charge in [0.1, 0.15) is 12.6 Å². The average molecular weight is 605 g/mol. The number of benzene rings is 3. The van der Waals surface area contributed by atoms with Crippen LogP contribution in [0.1, 0.15) is 37.0 Å². The van der Waals surface area contributed by atoms with E-state index in [-0.39, 0.29) is 40.6 Å². The molecule has 0 saturated carbocycles. The minimum Gasteiger partial charge on any atom is -0.352 e. The van der Waals surface area contributed by atoms with Crippen molar-refractivity contribution in [3.63, 3.8) is 0 Å². The van der Waals surface area contributed by atoms with Gasteiger partial charge in [0.05, 0.1) is 22.0 Å². The summed E-state index contributed by atoms with van der Waals surface area (Å²) in [5, 5.41) is 3.19. The molecule has 3 aromatic rings. The summed E-state index contributed by atoms with van der Waals surface area (Å²) in [5.74, 6) is -0.867. The minimum absolute atomic E-state index is 0.0166. The lowest BCUT2D eigenvalue weighted by Crippen LogP contribution is -2.54. The zero-order valence-corrected chi connectivity index (χ0v) is 25.4. The number of nitrogens with one attached hydrogen (secondary N) is 1. The van der Waals surface area contributed by atoms with Crippen LogP contribution in [-0.2, 0) is 32.6 Å². The number of hydrogen-bond acceptors (Lipinski definition) is 4. The molecule has 0 radical (unpaired) electrons. The fourth-order valence-electron chi connectivity index (χ4n) is 4.28. The summed E-state index contributed by atoms with van der Waals surface area (Å²) in [6, 6.07) is 20.6. The normalized spacial score (nSPS) is 12.8. The monoisotopic (exact) mass is 603 g/mol. The molecule has 0 heterocycles. The third-order valence-corrected chi connectivity index (χ3v) is 8.52. The molecule has 3 rings (SSSR count). The van der Waals surface area contributed by atoms with E-state index in [0.29, 0.717) is 6.42 Å². The number of aryl methyl sites for hydroxylation is 1. The molecule has 1 N–H and O–H groups in total. The van der Waals surface area contributed by atoms with Crippen molar-refractivity contribution in [2.45, 2.75) is 52.2 Å². The summed E-state index contributed by atoms with van der Waals surface area (Å²) in [6.45, 7) is 5.35. The molecule has 7 nitrogen and oxygen atoms in total. The number of anilines is 1. The Morgan fingerprint density at radius 3 is 2.23 bits per heavy atom. The van der Waals surface area contributed by atoms with Gasteiger partial charge in [-0.1, -0.05) is 96.4 Å². The topological polar surface area (TPSA) is 86.8 Å². The van der Waals surface area contributed by atoms with E-state index in [1.165, 1.54) is 17.0 Å². The Hall–Kier alpha value is -3.07. The predicted molar refractivity (Wildman–Crippen MR) is 162 cm³/mol. The number of carbonyl (C=O) groups excluding carboxylic acids is 2. The van der Waals surface area contributed by atoms with E-state index in [4.69, 9.17) is 23.2 Å². The molecule has 0 aromatic heterocycles. The van der Waals surface area contributed by atoms with E-state index in [1.54, 1.807) is 6.07 Å². The molecule has 0 bridgehead atoms. The largest absolute Gasteiger partial charge is 0.352 e. The Labute approximate surface area is 247 Å². The summed E-state index contributed by atoms with van der Waals surface area (Å²) in [7, 11) is -3.95. The van der Waals surface area contributed by atoms with Gasteiger partial charge in [-0.2, -0.15) is 0 Å². The van der Waals surface area contributed by atoms with E-state index < -0.39 is 28.5 Å². The van der Waals surface area contributed by atoms with E-state index in [0.717, 1.165) is 27.3 Å². The Morgan fingerprint density at radius 1 is 0.950 bits per heavy atom. The number of hydrogen-bond donors (Lipinski definition) is 1. The second kappa shape index (κ2) is 14.0. The van der Waals surface area contributed by atoms with Gasteiger partial charge >= 0.3 is 0 Å². The summed E-state index contributed by atoms with van der Waals surface area (Å²) < 4.78 is 26.7. The molecule has 2 atom stereocenters. The molecule has 10 heteroatoms. The van der Waals surface area contributed by atoms with Crippen molar-refractivity contribution in [1.82, 2.24) is 10.2 Å². The number of sulfonamides is 1. The molecule has 0 unspecified atom stereocenters. The van der Waals surface area contributed by atoms with Crippen LogP contribution >= 0.6 is 23.2 Å². The fraction of sp³-hybridized carbons (Fsp3) is 0.333. The Bertz CT molecular complexity index is 1430. The molecule has 0 spiro atoms. The standard InChI is InChI=1S/C30H35Cl2N3O4S/c1-5-22(3)33-30(37)27(18-23-12-7-6-8-13-23)34(19-24-14-9-11-21(2)17-24)28(36)20-35(40(4,38)39)26-16-10-15-25(31)29(26)32/h6-17,22,27H,5,18-20H2,1-4H3,(H,33,37)/t22-,27-/m1/s1. The van der Waals surface area contributed by atoms with Gasteiger partial charge in [0.2, 0.25) is 21.8 Å². The van der Waals surface area contributed by atoms with Crippen molar-refractivity contribution in [1.29, 1.82) is 0 Å². The molecular weight excluding hydrogens is 569 g/mol. The molecule has 0 fully saturated rings. The fourth-order valence-corrected chi connectivity index (χ4v) is 5.58. The molecule has 214 valence electrons. The Balaban J connectivity index is 2.09. The van der Waals surface area contributed by atoms with Crippen LogP contribution in [0.25, 0.3) is 0 Å². The SMILES string of the molecule is CC[C@@H](C)NC(=O)[C@@H](Cc1ccccc1)N(Cc1cccc(C)c1)C(=O)CN(c1cccc(Cl)c1Cl)S(C)(=O)=O. The van der Waals surface area contributed by atoms with Gasteiger partial charge in [0.25, 0.3) is 0 Å². The number of halogens is 2. The summed E-state index contributed by atoms with van der Waals surface area (Å²) in [6.07, 6.45) is 1.96. The van der Waals surface area contributed by atoms with Gasteiger partial charge in [-0.05, 0) is 43.5 Å². The quantitative estimate of drug-likeness (QED) is 0.291. The van der Waals surface area contributed by atoms with Crippen LogP contribution < -0.4 is 9.62 Å². The maximum Gasteiger partial charge on any atom is 0.244 e. The lowest BCUT2D eigenvalue weighted by Gasteiger charge is -2.34. The first-order valence-electron chi connectivity index (χ1n) is 13.0. The van der Waals surface area contributed by atoms with Crippen LogP contribution in [0.3, 0.4) is 0 Å². The Kier molecular flexibility index (Phi) is 11.0. The van der Waals surface area contributed by atoms with E-state index in [1.807, 2.05) is 75.4 Å². The summed E-state index contributed by atoms with van der Waals surface area (Å²) in [4.78, 5) is 29.3. The zero-order valence-electron chi connectivity index (χ0n) is 23.1. The van der Waals surface area contributed by atoms with Gasteiger partial charge in [0.15, 0.2) is 0 Å². The van der Waals surface area contributed by atoms with Crippen LogP contribution in [0.15, 0.2) is 72.8 Å². The van der Waals surface area contributed by atoms with Gasteiger partial charge in [0, 0.05) is 19.0 Å². The molecule has 3 aromatic carbocycles. The van der Waals surface area contributed by atoms with Gasteiger partial charge in [-0.15, -0.1) is 0 Å². The Morgan fingerprint density at radius 2 is 1.60 bits per heavy atom. The maximum absolute atomic E-state index is 14.1. The number of nitrogens with zero attached hydrogens (tertiary/aromatic N) is 2. The van der Waals surface area contributed by atoms with E-state index in [9.17, 15) is 18.0 Å². The van der Waals surface area contributed by atoms with Crippen molar-refractivity contribution in [2.24, 2.45) is 0 Å². The van der Waals surface area contributed by atoms with Crippen LogP contribution in [0.4, 0.5) is 5.69 Å². The van der Waals surface area contributed by atoms with Crippen molar-refractivity contribution in [2.75, 3.05) is 17.1 Å². The molecule has 0 aliphatic heterocycles. The molecule has 0 aliphatic rings.